The normalized spacial score (nSPS) is 23.6. The fourth-order valence-electron chi connectivity index (χ4n) is 1.60. The van der Waals surface area contributed by atoms with Gasteiger partial charge in [0.1, 0.15) is 12.0 Å². The molecule has 16 heavy (non-hydrogen) atoms. The molecule has 0 amide bonds. The van der Waals surface area contributed by atoms with Gasteiger partial charge in [0, 0.05) is 11.8 Å². The van der Waals surface area contributed by atoms with Crippen LogP contribution in [0.15, 0.2) is 18.5 Å². The second-order valence-corrected chi connectivity index (χ2v) is 3.83. The van der Waals surface area contributed by atoms with Crippen LogP contribution in [0.3, 0.4) is 0 Å². The zero-order valence-corrected chi connectivity index (χ0v) is 8.56. The maximum absolute atomic E-state index is 13.4. The molecule has 6 heteroatoms. The van der Waals surface area contributed by atoms with Crippen LogP contribution in [0, 0.1) is 5.82 Å². The summed E-state index contributed by atoms with van der Waals surface area (Å²) >= 11 is 0. The van der Waals surface area contributed by atoms with Gasteiger partial charge in [0.05, 0.1) is 31.6 Å². The minimum atomic E-state index is -0.902. The summed E-state index contributed by atoms with van der Waals surface area (Å²) < 4.78 is 18.7. The van der Waals surface area contributed by atoms with Crippen molar-refractivity contribution in [1.29, 1.82) is 0 Å². The largest absolute Gasteiger partial charge is 0.394 e. The number of hydrogen-bond acceptors (Lipinski definition) is 5. The molecule has 3 N–H and O–H groups in total. The summed E-state index contributed by atoms with van der Waals surface area (Å²) in [5, 5.41) is 21.2. The second-order valence-electron chi connectivity index (χ2n) is 3.83. The Labute approximate surface area is 91.9 Å². The van der Waals surface area contributed by atoms with Crippen molar-refractivity contribution in [2.24, 2.45) is 0 Å². The van der Waals surface area contributed by atoms with Crippen LogP contribution in [0.5, 0.6) is 0 Å². The average molecular weight is 228 g/mol. The summed E-state index contributed by atoms with van der Waals surface area (Å²) in [6, 6.07) is 1.50. The minimum Gasteiger partial charge on any atom is -0.394 e. The number of hydrogen-bond donors (Lipinski definition) is 3. The lowest BCUT2D eigenvalue weighted by Gasteiger charge is -2.23. The molecule has 1 unspecified atom stereocenters. The Morgan fingerprint density at radius 1 is 1.56 bits per heavy atom. The van der Waals surface area contributed by atoms with E-state index in [1.807, 2.05) is 0 Å². The fourth-order valence-corrected chi connectivity index (χ4v) is 1.60. The molecule has 1 aromatic rings. The molecule has 88 valence electrons. The van der Waals surface area contributed by atoms with Crippen LogP contribution < -0.4 is 5.32 Å². The molecule has 1 aliphatic heterocycles. The van der Waals surface area contributed by atoms with Crippen LogP contribution in [0.25, 0.3) is 0 Å². The summed E-state index contributed by atoms with van der Waals surface area (Å²) in [5.74, 6) is -0.480. The number of nitrogens with zero attached hydrogens (tertiary/aromatic N) is 1. The Balaban J connectivity index is 2.18. The van der Waals surface area contributed by atoms with Crippen LogP contribution >= 0.6 is 0 Å². The number of rotatable bonds is 3. The number of aliphatic hydroxyl groups is 2. The van der Waals surface area contributed by atoms with Crippen molar-refractivity contribution in [2.75, 3.05) is 19.8 Å². The van der Waals surface area contributed by atoms with Crippen molar-refractivity contribution in [1.82, 2.24) is 10.3 Å². The Kier molecular flexibility index (Phi) is 3.15. The van der Waals surface area contributed by atoms with Crippen molar-refractivity contribution in [2.45, 2.75) is 11.8 Å². The van der Waals surface area contributed by atoms with E-state index >= 15 is 0 Å². The van der Waals surface area contributed by atoms with E-state index in [-0.39, 0.29) is 19.8 Å². The lowest BCUT2D eigenvalue weighted by molar-refractivity contribution is 0.0749. The molecule has 0 saturated carbocycles. The van der Waals surface area contributed by atoms with Gasteiger partial charge in [0.2, 0.25) is 0 Å². The topological polar surface area (TPSA) is 74.6 Å². The summed E-state index contributed by atoms with van der Waals surface area (Å²) in [4.78, 5) is 3.64. The second kappa shape index (κ2) is 4.42. The fraction of sp³-hybridized carbons (Fsp3) is 0.500. The molecule has 1 atom stereocenters. The highest BCUT2D eigenvalue weighted by Crippen LogP contribution is 2.27. The van der Waals surface area contributed by atoms with Gasteiger partial charge in [-0.15, -0.1) is 0 Å². The van der Waals surface area contributed by atoms with Crippen molar-refractivity contribution in [3.05, 3.63) is 29.8 Å². The van der Waals surface area contributed by atoms with E-state index in [4.69, 9.17) is 14.9 Å². The molecule has 2 heterocycles. The van der Waals surface area contributed by atoms with Gasteiger partial charge in [0.15, 0.2) is 0 Å². The number of nitrogens with one attached hydrogen (secondary N) is 1. The molecule has 0 spiro atoms. The molecule has 1 fully saturated rings. The lowest BCUT2D eigenvalue weighted by Crippen LogP contribution is -2.49. The van der Waals surface area contributed by atoms with E-state index in [0.717, 1.165) is 6.20 Å². The summed E-state index contributed by atoms with van der Waals surface area (Å²) in [5.41, 5.74) is -0.584. The van der Waals surface area contributed by atoms with E-state index < -0.39 is 17.6 Å². The van der Waals surface area contributed by atoms with Gasteiger partial charge in [-0.1, -0.05) is 0 Å². The van der Waals surface area contributed by atoms with Crippen LogP contribution in [-0.4, -0.2) is 40.6 Å². The number of pyridine rings is 1. The van der Waals surface area contributed by atoms with E-state index in [2.05, 4.69) is 10.3 Å². The molecule has 2 rings (SSSR count). The van der Waals surface area contributed by atoms with Gasteiger partial charge in [-0.3, -0.25) is 10.3 Å². The van der Waals surface area contributed by atoms with Gasteiger partial charge in [-0.2, -0.15) is 0 Å². The van der Waals surface area contributed by atoms with E-state index in [9.17, 15) is 4.39 Å². The van der Waals surface area contributed by atoms with Crippen molar-refractivity contribution >= 4 is 0 Å². The van der Waals surface area contributed by atoms with Gasteiger partial charge < -0.3 is 14.9 Å². The molecular weight excluding hydrogens is 215 g/mol. The first-order valence-electron chi connectivity index (χ1n) is 4.91. The Morgan fingerprint density at radius 3 is 2.88 bits per heavy atom. The summed E-state index contributed by atoms with van der Waals surface area (Å²) in [6.45, 7) is -0.411. The summed E-state index contributed by atoms with van der Waals surface area (Å²) in [7, 11) is 0. The molecule has 0 aliphatic carbocycles. The van der Waals surface area contributed by atoms with Crippen LogP contribution in [0.4, 0.5) is 4.39 Å². The molecule has 1 aromatic heterocycles. The molecule has 1 saturated heterocycles. The third-order valence-corrected chi connectivity index (χ3v) is 2.66. The SMILES string of the molecule is OCC1(CO)COC(c2ccncc2F)N1. The monoisotopic (exact) mass is 228 g/mol. The molecule has 1 aliphatic rings. The zero-order chi connectivity index (χ0) is 11.6. The van der Waals surface area contributed by atoms with E-state index in [1.54, 1.807) is 0 Å². The highest BCUT2D eigenvalue weighted by Gasteiger charge is 2.39. The number of ether oxygens (including phenoxy) is 1. The van der Waals surface area contributed by atoms with Crippen LogP contribution in [0.2, 0.25) is 0 Å². The average Bonchev–Trinajstić information content (AvgIpc) is 2.75. The predicted octanol–water partition coefficient (Wildman–Crippen LogP) is -0.438. The number of aliphatic hydroxyl groups excluding tert-OH is 2. The van der Waals surface area contributed by atoms with Gasteiger partial charge >= 0.3 is 0 Å². The van der Waals surface area contributed by atoms with Gasteiger partial charge in [-0.05, 0) is 6.07 Å². The Hall–Kier alpha value is -1.08. The predicted molar refractivity (Wildman–Crippen MR) is 52.9 cm³/mol. The molecule has 0 aromatic carbocycles. The lowest BCUT2D eigenvalue weighted by atomic mass is 10.0. The molecule has 0 radical (unpaired) electrons. The molecule has 5 nitrogen and oxygen atoms in total. The maximum Gasteiger partial charge on any atom is 0.148 e. The first-order valence-corrected chi connectivity index (χ1v) is 4.91. The highest BCUT2D eigenvalue weighted by molar-refractivity contribution is 5.17. The summed E-state index contributed by atoms with van der Waals surface area (Å²) in [6.07, 6.45) is 1.89. The quantitative estimate of drug-likeness (QED) is 0.654. The first kappa shape index (κ1) is 11.4. The van der Waals surface area contributed by atoms with Crippen molar-refractivity contribution in [3.8, 4) is 0 Å². The van der Waals surface area contributed by atoms with Crippen LogP contribution in [0.1, 0.15) is 11.8 Å². The van der Waals surface area contributed by atoms with Crippen molar-refractivity contribution in [3.63, 3.8) is 0 Å². The van der Waals surface area contributed by atoms with E-state index in [1.165, 1.54) is 12.3 Å². The highest BCUT2D eigenvalue weighted by atomic mass is 19.1. The minimum absolute atomic E-state index is 0.131. The smallest absolute Gasteiger partial charge is 0.148 e. The maximum atomic E-state index is 13.4. The number of halogens is 1. The standard InChI is InChI=1S/C10H13FN2O3/c11-8-3-12-2-1-7(8)9-13-10(4-14,5-15)6-16-9/h1-3,9,13-15H,4-6H2. The Bertz CT molecular complexity index is 371. The number of aromatic nitrogens is 1. The zero-order valence-electron chi connectivity index (χ0n) is 8.56. The third kappa shape index (κ3) is 1.92. The first-order chi connectivity index (χ1) is 7.71. The van der Waals surface area contributed by atoms with E-state index in [0.29, 0.717) is 5.56 Å². The molecular formula is C10H13FN2O3. The third-order valence-electron chi connectivity index (χ3n) is 2.66. The Morgan fingerprint density at radius 2 is 2.31 bits per heavy atom. The van der Waals surface area contributed by atoms with Crippen molar-refractivity contribution < 1.29 is 19.3 Å². The van der Waals surface area contributed by atoms with Crippen LogP contribution in [-0.2, 0) is 4.74 Å². The molecule has 0 bridgehead atoms. The van der Waals surface area contributed by atoms with Gasteiger partial charge in [0.25, 0.3) is 0 Å². The van der Waals surface area contributed by atoms with Gasteiger partial charge in [-0.25, -0.2) is 4.39 Å².